The standard InChI is InChI=1S/C20H19N3O5/c1-13(24)22-17-9-16(10-18(11-17)23-14(2)25)20(26)28-8-7-27-19-5-3-15(12-21)4-6-19/h3-6,9-11H,7-8H2,1-2H3,(H,22,24)(H,23,25). The van der Waals surface area contributed by atoms with Crippen molar-refractivity contribution in [1.82, 2.24) is 0 Å². The number of amides is 2. The molecule has 0 fully saturated rings. The van der Waals surface area contributed by atoms with Gasteiger partial charge in [0, 0.05) is 25.2 Å². The minimum Gasteiger partial charge on any atom is -0.490 e. The molecule has 2 N–H and O–H groups in total. The van der Waals surface area contributed by atoms with Crippen LogP contribution in [0.4, 0.5) is 11.4 Å². The summed E-state index contributed by atoms with van der Waals surface area (Å²) < 4.78 is 10.6. The maximum Gasteiger partial charge on any atom is 0.338 e. The molecule has 0 heterocycles. The Labute approximate surface area is 162 Å². The van der Waals surface area contributed by atoms with E-state index in [1.807, 2.05) is 6.07 Å². The number of nitriles is 1. The Kier molecular flexibility index (Phi) is 7.11. The Hall–Kier alpha value is -3.86. The zero-order valence-electron chi connectivity index (χ0n) is 15.4. The van der Waals surface area contributed by atoms with Crippen molar-refractivity contribution in [2.24, 2.45) is 0 Å². The second-order valence-electron chi connectivity index (χ2n) is 5.78. The molecule has 0 aliphatic carbocycles. The number of anilines is 2. The summed E-state index contributed by atoms with van der Waals surface area (Å²) in [7, 11) is 0. The highest BCUT2D eigenvalue weighted by molar-refractivity contribution is 5.97. The van der Waals surface area contributed by atoms with Gasteiger partial charge in [0.1, 0.15) is 19.0 Å². The third-order valence-corrected chi connectivity index (χ3v) is 3.38. The first-order valence-corrected chi connectivity index (χ1v) is 8.37. The minimum absolute atomic E-state index is 0.00132. The van der Waals surface area contributed by atoms with Gasteiger partial charge in [0.25, 0.3) is 0 Å². The number of ether oxygens (including phenoxy) is 2. The molecule has 2 aromatic carbocycles. The van der Waals surface area contributed by atoms with Gasteiger partial charge in [-0.05, 0) is 42.5 Å². The Morgan fingerprint density at radius 2 is 1.50 bits per heavy atom. The van der Waals surface area contributed by atoms with Crippen LogP contribution in [0.1, 0.15) is 29.8 Å². The number of hydrogen-bond donors (Lipinski definition) is 2. The van der Waals surface area contributed by atoms with Gasteiger partial charge < -0.3 is 20.1 Å². The molecule has 0 bridgehead atoms. The fourth-order valence-corrected chi connectivity index (χ4v) is 2.30. The fourth-order valence-electron chi connectivity index (χ4n) is 2.30. The van der Waals surface area contributed by atoms with Crippen molar-refractivity contribution in [3.63, 3.8) is 0 Å². The lowest BCUT2D eigenvalue weighted by Crippen LogP contribution is -2.14. The average Bonchev–Trinajstić information content (AvgIpc) is 2.64. The lowest BCUT2D eigenvalue weighted by molar-refractivity contribution is -0.115. The van der Waals surface area contributed by atoms with Gasteiger partial charge in [-0.15, -0.1) is 0 Å². The minimum atomic E-state index is -0.623. The molecule has 0 saturated carbocycles. The van der Waals surface area contributed by atoms with Crippen LogP contribution in [0.5, 0.6) is 5.75 Å². The van der Waals surface area contributed by atoms with E-state index in [-0.39, 0.29) is 30.6 Å². The Morgan fingerprint density at radius 3 is 2.00 bits per heavy atom. The molecule has 2 amide bonds. The Balaban J connectivity index is 1.96. The van der Waals surface area contributed by atoms with Crippen molar-refractivity contribution in [3.8, 4) is 11.8 Å². The predicted molar refractivity (Wildman–Crippen MR) is 102 cm³/mol. The molecule has 8 nitrogen and oxygen atoms in total. The normalized spacial score (nSPS) is 9.75. The molecule has 0 radical (unpaired) electrons. The quantitative estimate of drug-likeness (QED) is 0.562. The van der Waals surface area contributed by atoms with Crippen molar-refractivity contribution in [2.75, 3.05) is 23.8 Å². The first-order chi connectivity index (χ1) is 13.4. The van der Waals surface area contributed by atoms with Crippen LogP contribution < -0.4 is 15.4 Å². The van der Waals surface area contributed by atoms with Crippen LogP contribution in [0.15, 0.2) is 42.5 Å². The van der Waals surface area contributed by atoms with E-state index in [4.69, 9.17) is 14.7 Å². The van der Waals surface area contributed by atoms with Crippen LogP contribution in [0.2, 0.25) is 0 Å². The number of rotatable bonds is 7. The number of esters is 1. The lowest BCUT2D eigenvalue weighted by Gasteiger charge is -2.11. The van der Waals surface area contributed by atoms with Gasteiger partial charge in [-0.25, -0.2) is 4.79 Å². The van der Waals surface area contributed by atoms with Crippen LogP contribution in [0.25, 0.3) is 0 Å². The number of nitrogens with one attached hydrogen (secondary N) is 2. The number of hydrogen-bond acceptors (Lipinski definition) is 6. The van der Waals surface area contributed by atoms with Crippen LogP contribution in [-0.4, -0.2) is 31.0 Å². The van der Waals surface area contributed by atoms with E-state index in [0.29, 0.717) is 22.7 Å². The highest BCUT2D eigenvalue weighted by Crippen LogP contribution is 2.20. The first kappa shape index (κ1) is 20.5. The molecular weight excluding hydrogens is 362 g/mol. The van der Waals surface area contributed by atoms with Gasteiger partial charge in [0.05, 0.1) is 17.2 Å². The molecule has 144 valence electrons. The highest BCUT2D eigenvalue weighted by Gasteiger charge is 2.12. The van der Waals surface area contributed by atoms with E-state index in [0.717, 1.165) is 0 Å². The SMILES string of the molecule is CC(=O)Nc1cc(NC(C)=O)cc(C(=O)OCCOc2ccc(C#N)cc2)c1. The summed E-state index contributed by atoms with van der Waals surface area (Å²) in [6, 6.07) is 13.0. The van der Waals surface area contributed by atoms with Gasteiger partial charge in [0.2, 0.25) is 11.8 Å². The Morgan fingerprint density at radius 1 is 0.929 bits per heavy atom. The summed E-state index contributed by atoms with van der Waals surface area (Å²) in [6.07, 6.45) is 0. The van der Waals surface area contributed by atoms with Gasteiger partial charge in [-0.3, -0.25) is 9.59 Å². The van der Waals surface area contributed by atoms with E-state index in [1.165, 1.54) is 32.0 Å². The maximum absolute atomic E-state index is 12.3. The average molecular weight is 381 g/mol. The Bertz CT molecular complexity index is 882. The maximum atomic E-state index is 12.3. The third-order valence-electron chi connectivity index (χ3n) is 3.38. The molecule has 28 heavy (non-hydrogen) atoms. The van der Waals surface area contributed by atoms with Crippen molar-refractivity contribution in [3.05, 3.63) is 53.6 Å². The summed E-state index contributed by atoms with van der Waals surface area (Å²) in [5, 5.41) is 13.9. The van der Waals surface area contributed by atoms with Crippen molar-refractivity contribution in [1.29, 1.82) is 5.26 Å². The van der Waals surface area contributed by atoms with Crippen molar-refractivity contribution < 1.29 is 23.9 Å². The van der Waals surface area contributed by atoms with Crippen LogP contribution in [0.3, 0.4) is 0 Å². The molecule has 0 atom stereocenters. The molecular formula is C20H19N3O5. The number of carbonyl (C=O) groups excluding carboxylic acids is 3. The zero-order chi connectivity index (χ0) is 20.5. The highest BCUT2D eigenvalue weighted by atomic mass is 16.6. The van der Waals surface area contributed by atoms with Gasteiger partial charge >= 0.3 is 5.97 Å². The van der Waals surface area contributed by atoms with Gasteiger partial charge in [0.15, 0.2) is 0 Å². The van der Waals surface area contributed by atoms with Crippen LogP contribution >= 0.6 is 0 Å². The summed E-state index contributed by atoms with van der Waals surface area (Å²) in [4.78, 5) is 34.8. The van der Waals surface area contributed by atoms with Gasteiger partial charge in [-0.1, -0.05) is 0 Å². The number of benzene rings is 2. The van der Waals surface area contributed by atoms with E-state index in [2.05, 4.69) is 10.6 Å². The van der Waals surface area contributed by atoms with Crippen molar-refractivity contribution >= 4 is 29.2 Å². The molecule has 8 heteroatoms. The summed E-state index contributed by atoms with van der Waals surface area (Å²) in [6.45, 7) is 2.80. The summed E-state index contributed by atoms with van der Waals surface area (Å²) in [5.41, 5.74) is 1.42. The van der Waals surface area contributed by atoms with Crippen molar-refractivity contribution in [2.45, 2.75) is 13.8 Å². The molecule has 0 saturated heterocycles. The second-order valence-corrected chi connectivity index (χ2v) is 5.78. The topological polar surface area (TPSA) is 118 Å². The number of carbonyl (C=O) groups is 3. The fraction of sp³-hybridized carbons (Fsp3) is 0.200. The van der Waals surface area contributed by atoms with Crippen LogP contribution in [-0.2, 0) is 14.3 Å². The largest absolute Gasteiger partial charge is 0.490 e. The number of nitrogens with zero attached hydrogens (tertiary/aromatic N) is 1. The molecule has 0 aliphatic rings. The second kappa shape index (κ2) is 9.73. The molecule has 0 unspecified atom stereocenters. The molecule has 0 spiro atoms. The molecule has 2 rings (SSSR count). The molecule has 0 aromatic heterocycles. The van der Waals surface area contributed by atoms with E-state index >= 15 is 0 Å². The van der Waals surface area contributed by atoms with Gasteiger partial charge in [-0.2, -0.15) is 5.26 Å². The van der Waals surface area contributed by atoms with E-state index in [1.54, 1.807) is 24.3 Å². The smallest absolute Gasteiger partial charge is 0.338 e. The van der Waals surface area contributed by atoms with E-state index in [9.17, 15) is 14.4 Å². The molecule has 0 aliphatic heterocycles. The lowest BCUT2D eigenvalue weighted by atomic mass is 10.1. The monoisotopic (exact) mass is 381 g/mol. The third kappa shape index (κ3) is 6.46. The van der Waals surface area contributed by atoms with Crippen LogP contribution in [0, 0.1) is 11.3 Å². The first-order valence-electron chi connectivity index (χ1n) is 8.37. The summed E-state index contributed by atoms with van der Waals surface area (Å²) >= 11 is 0. The van der Waals surface area contributed by atoms with E-state index < -0.39 is 5.97 Å². The zero-order valence-corrected chi connectivity index (χ0v) is 15.4. The summed E-state index contributed by atoms with van der Waals surface area (Å²) in [5.74, 6) is -0.692. The molecule has 2 aromatic rings. The predicted octanol–water partition coefficient (Wildman–Crippen LogP) is 2.71.